The first-order valence-electron chi connectivity index (χ1n) is 14.8. The molecule has 0 aromatic heterocycles. The smallest absolute Gasteiger partial charge is 0.264 e. The zero-order chi connectivity index (χ0) is 33.4. The van der Waals surface area contributed by atoms with Gasteiger partial charge in [-0.3, -0.25) is 13.9 Å². The van der Waals surface area contributed by atoms with Gasteiger partial charge in [-0.2, -0.15) is 0 Å². The SMILES string of the molecule is CC[C@@H](C)NC(=O)[C@@H](Cc1ccccc1)N(Cc1ccc(Cl)c(Cl)c1)C(=O)CN(c1ccc(C)cc1)S(=O)(=O)c1ccc(F)cc1. The van der Waals surface area contributed by atoms with Crippen molar-refractivity contribution >= 4 is 50.7 Å². The molecule has 0 radical (unpaired) electrons. The van der Waals surface area contributed by atoms with Crippen LogP contribution in [0.15, 0.2) is 102 Å². The van der Waals surface area contributed by atoms with Crippen molar-refractivity contribution in [1.82, 2.24) is 10.2 Å². The summed E-state index contributed by atoms with van der Waals surface area (Å²) in [6.45, 7) is 4.98. The maximum absolute atomic E-state index is 14.5. The molecule has 0 aliphatic carbocycles. The summed E-state index contributed by atoms with van der Waals surface area (Å²) in [5.74, 6) is -1.60. The van der Waals surface area contributed by atoms with E-state index in [0.29, 0.717) is 17.0 Å². The molecule has 11 heteroatoms. The van der Waals surface area contributed by atoms with Crippen LogP contribution in [0, 0.1) is 12.7 Å². The fourth-order valence-corrected chi connectivity index (χ4v) is 6.54. The van der Waals surface area contributed by atoms with Gasteiger partial charge in [0.2, 0.25) is 11.8 Å². The molecule has 1 N–H and O–H groups in total. The first kappa shape index (κ1) is 34.9. The van der Waals surface area contributed by atoms with Crippen molar-refractivity contribution in [2.24, 2.45) is 0 Å². The summed E-state index contributed by atoms with van der Waals surface area (Å²) >= 11 is 12.5. The van der Waals surface area contributed by atoms with E-state index in [0.717, 1.165) is 39.7 Å². The minimum Gasteiger partial charge on any atom is -0.352 e. The van der Waals surface area contributed by atoms with Gasteiger partial charge in [-0.25, -0.2) is 12.8 Å². The zero-order valence-corrected chi connectivity index (χ0v) is 28.1. The van der Waals surface area contributed by atoms with E-state index < -0.39 is 34.3 Å². The fourth-order valence-electron chi connectivity index (χ4n) is 4.80. The van der Waals surface area contributed by atoms with Gasteiger partial charge in [-0.05, 0) is 79.9 Å². The van der Waals surface area contributed by atoms with Gasteiger partial charge in [0.1, 0.15) is 18.4 Å². The first-order valence-corrected chi connectivity index (χ1v) is 17.0. The first-order chi connectivity index (χ1) is 21.9. The summed E-state index contributed by atoms with van der Waals surface area (Å²) in [6, 6.07) is 24.1. The summed E-state index contributed by atoms with van der Waals surface area (Å²) in [6.07, 6.45) is 0.840. The van der Waals surface area contributed by atoms with Crippen molar-refractivity contribution in [3.63, 3.8) is 0 Å². The number of carbonyl (C=O) groups is 2. The van der Waals surface area contributed by atoms with Gasteiger partial charge in [0.15, 0.2) is 0 Å². The molecule has 7 nitrogen and oxygen atoms in total. The van der Waals surface area contributed by atoms with Crippen LogP contribution in [0.5, 0.6) is 0 Å². The molecule has 2 atom stereocenters. The third-order valence-electron chi connectivity index (χ3n) is 7.61. The molecule has 0 spiro atoms. The highest BCUT2D eigenvalue weighted by Gasteiger charge is 2.35. The zero-order valence-electron chi connectivity index (χ0n) is 25.8. The van der Waals surface area contributed by atoms with Crippen LogP contribution in [0.4, 0.5) is 10.1 Å². The Morgan fingerprint density at radius 1 is 0.870 bits per heavy atom. The summed E-state index contributed by atoms with van der Waals surface area (Å²) in [5, 5.41) is 3.60. The maximum Gasteiger partial charge on any atom is 0.264 e. The Morgan fingerprint density at radius 3 is 2.13 bits per heavy atom. The van der Waals surface area contributed by atoms with E-state index in [1.54, 1.807) is 42.5 Å². The topological polar surface area (TPSA) is 86.8 Å². The molecular weight excluding hydrogens is 648 g/mol. The number of benzene rings is 4. The lowest BCUT2D eigenvalue weighted by Crippen LogP contribution is -2.54. The molecule has 46 heavy (non-hydrogen) atoms. The summed E-state index contributed by atoms with van der Waals surface area (Å²) in [4.78, 5) is 29.6. The number of amides is 2. The van der Waals surface area contributed by atoms with E-state index in [9.17, 15) is 22.4 Å². The third-order valence-corrected chi connectivity index (χ3v) is 10.1. The number of hydrogen-bond acceptors (Lipinski definition) is 4. The van der Waals surface area contributed by atoms with E-state index in [2.05, 4.69) is 5.32 Å². The van der Waals surface area contributed by atoms with Crippen molar-refractivity contribution in [2.75, 3.05) is 10.8 Å². The van der Waals surface area contributed by atoms with Gasteiger partial charge < -0.3 is 10.2 Å². The quantitative estimate of drug-likeness (QED) is 0.162. The van der Waals surface area contributed by atoms with E-state index in [-0.39, 0.29) is 40.5 Å². The molecule has 0 aliphatic heterocycles. The lowest BCUT2D eigenvalue weighted by molar-refractivity contribution is -0.140. The number of carbonyl (C=O) groups excluding carboxylic acids is 2. The minimum atomic E-state index is -4.35. The molecule has 0 saturated carbocycles. The number of nitrogens with one attached hydrogen (secondary N) is 1. The molecule has 4 rings (SSSR count). The summed E-state index contributed by atoms with van der Waals surface area (Å²) in [7, 11) is -4.35. The molecule has 4 aromatic carbocycles. The highest BCUT2D eigenvalue weighted by Crippen LogP contribution is 2.27. The molecule has 0 heterocycles. The molecule has 0 saturated heterocycles. The number of nitrogens with zero attached hydrogens (tertiary/aromatic N) is 2. The number of anilines is 1. The highest BCUT2D eigenvalue weighted by molar-refractivity contribution is 7.92. The van der Waals surface area contributed by atoms with Crippen molar-refractivity contribution in [1.29, 1.82) is 0 Å². The van der Waals surface area contributed by atoms with Crippen molar-refractivity contribution < 1.29 is 22.4 Å². The number of hydrogen-bond donors (Lipinski definition) is 1. The number of rotatable bonds is 13. The van der Waals surface area contributed by atoms with Gasteiger partial charge in [0.05, 0.1) is 20.6 Å². The monoisotopic (exact) mass is 683 g/mol. The molecule has 2 amide bonds. The lowest BCUT2D eigenvalue weighted by Gasteiger charge is -2.34. The van der Waals surface area contributed by atoms with Crippen molar-refractivity contribution in [3.05, 3.63) is 130 Å². The van der Waals surface area contributed by atoms with E-state index >= 15 is 0 Å². The maximum atomic E-state index is 14.5. The number of sulfonamides is 1. The largest absolute Gasteiger partial charge is 0.352 e. The fraction of sp³-hybridized carbons (Fsp3) is 0.257. The Morgan fingerprint density at radius 2 is 1.52 bits per heavy atom. The van der Waals surface area contributed by atoms with Crippen LogP contribution in [-0.2, 0) is 32.6 Å². The van der Waals surface area contributed by atoms with Crippen LogP contribution in [0.3, 0.4) is 0 Å². The van der Waals surface area contributed by atoms with Crippen LogP contribution >= 0.6 is 23.2 Å². The Hall–Kier alpha value is -3.92. The predicted octanol–water partition coefficient (Wildman–Crippen LogP) is 7.19. The van der Waals surface area contributed by atoms with E-state index in [1.807, 2.05) is 51.1 Å². The van der Waals surface area contributed by atoms with Crippen LogP contribution in [-0.4, -0.2) is 43.8 Å². The highest BCUT2D eigenvalue weighted by atomic mass is 35.5. The van der Waals surface area contributed by atoms with Gasteiger partial charge in [-0.15, -0.1) is 0 Å². The van der Waals surface area contributed by atoms with Gasteiger partial charge in [0.25, 0.3) is 10.0 Å². The predicted molar refractivity (Wildman–Crippen MR) is 181 cm³/mol. The van der Waals surface area contributed by atoms with Crippen LogP contribution < -0.4 is 9.62 Å². The Kier molecular flexibility index (Phi) is 11.8. The van der Waals surface area contributed by atoms with Gasteiger partial charge >= 0.3 is 0 Å². The Bertz CT molecular complexity index is 1760. The minimum absolute atomic E-state index is 0.0561. The molecular formula is C35H36Cl2FN3O4S. The third kappa shape index (κ3) is 8.87. The molecule has 0 aliphatic rings. The van der Waals surface area contributed by atoms with Gasteiger partial charge in [0, 0.05) is 19.0 Å². The normalized spacial score (nSPS) is 12.7. The molecule has 0 unspecified atom stereocenters. The van der Waals surface area contributed by atoms with Crippen LogP contribution in [0.1, 0.15) is 37.0 Å². The molecule has 242 valence electrons. The summed E-state index contributed by atoms with van der Waals surface area (Å²) in [5.41, 5.74) is 2.54. The molecule has 0 bridgehead atoms. The number of halogens is 3. The average Bonchev–Trinajstić information content (AvgIpc) is 3.04. The van der Waals surface area contributed by atoms with Crippen LogP contribution in [0.2, 0.25) is 10.0 Å². The second-order valence-corrected chi connectivity index (χ2v) is 13.8. The van der Waals surface area contributed by atoms with Crippen LogP contribution in [0.25, 0.3) is 0 Å². The summed E-state index contributed by atoms with van der Waals surface area (Å²) < 4.78 is 42.8. The van der Waals surface area contributed by atoms with Crippen molar-refractivity contribution in [3.8, 4) is 0 Å². The van der Waals surface area contributed by atoms with Crippen molar-refractivity contribution in [2.45, 2.75) is 57.1 Å². The van der Waals surface area contributed by atoms with E-state index in [4.69, 9.17) is 23.2 Å². The Balaban J connectivity index is 1.82. The average molecular weight is 685 g/mol. The Labute approximate surface area is 280 Å². The lowest BCUT2D eigenvalue weighted by atomic mass is 10.0. The second-order valence-electron chi connectivity index (χ2n) is 11.1. The van der Waals surface area contributed by atoms with E-state index in [1.165, 1.54) is 4.90 Å². The van der Waals surface area contributed by atoms with Gasteiger partial charge in [-0.1, -0.05) is 84.2 Å². The molecule has 4 aromatic rings. The molecule has 0 fully saturated rings. The second kappa shape index (κ2) is 15.6. The standard InChI is InChI=1S/C35H36Cl2FN3O4S/c1-4-25(3)39-35(43)33(21-26-8-6-5-7-9-26)40(22-27-12-19-31(36)32(37)20-27)34(42)23-41(29-15-10-24(2)11-16-29)46(44,45)30-17-13-28(38)14-18-30/h5-20,25,33H,4,21-23H2,1-3H3,(H,39,43)/t25-,33-/m1/s1. The number of aryl methyl sites for hydroxylation is 1.